The zero-order valence-corrected chi connectivity index (χ0v) is 18.2. The molecular weight excluding hydrogens is 448 g/mol. The van der Waals surface area contributed by atoms with Crippen molar-refractivity contribution in [1.29, 1.82) is 0 Å². The maximum Gasteiger partial charge on any atom is 0.262 e. The highest BCUT2D eigenvalue weighted by Crippen LogP contribution is 2.33. The number of nitrogens with one attached hydrogen (secondary N) is 2. The van der Waals surface area contributed by atoms with E-state index in [0.29, 0.717) is 36.6 Å². The van der Waals surface area contributed by atoms with Gasteiger partial charge in [-0.05, 0) is 51.3 Å². The van der Waals surface area contributed by atoms with Gasteiger partial charge in [-0.25, -0.2) is 0 Å². The number of hydrogen-bond acceptors (Lipinski definition) is 4. The van der Waals surface area contributed by atoms with Crippen molar-refractivity contribution >= 4 is 44.2 Å². The number of para-hydroxylation sites is 1. The summed E-state index contributed by atoms with van der Waals surface area (Å²) in [5.41, 5.74) is 0.836. The first kappa shape index (κ1) is 21.8. The Morgan fingerprint density at radius 3 is 2.60 bits per heavy atom. The number of halogens is 1. The molecule has 0 heterocycles. The average Bonchev–Trinajstić information content (AvgIpc) is 2.77. The Bertz CT molecular complexity index is 1040. The fraction of sp³-hybridized carbons (Fsp3) is 0.217. The monoisotopic (exact) mass is 470 g/mol. The van der Waals surface area contributed by atoms with Gasteiger partial charge in [-0.15, -0.1) is 0 Å². The van der Waals surface area contributed by atoms with Crippen molar-refractivity contribution in [3.63, 3.8) is 0 Å². The van der Waals surface area contributed by atoms with Crippen LogP contribution in [0.4, 0.5) is 5.69 Å². The highest BCUT2D eigenvalue weighted by atomic mass is 79.9. The molecule has 0 aliphatic carbocycles. The molecule has 0 aliphatic rings. The number of methoxy groups -OCH3 is 1. The summed E-state index contributed by atoms with van der Waals surface area (Å²) in [5, 5.41) is 7.66. The maximum absolute atomic E-state index is 12.4. The minimum absolute atomic E-state index is 0.180. The molecule has 7 heteroatoms. The van der Waals surface area contributed by atoms with E-state index in [2.05, 4.69) is 26.6 Å². The molecular formula is C23H23BrN2O4. The van der Waals surface area contributed by atoms with Crippen LogP contribution < -0.4 is 15.4 Å². The van der Waals surface area contributed by atoms with Crippen LogP contribution in [0.5, 0.6) is 5.75 Å². The van der Waals surface area contributed by atoms with Crippen LogP contribution in [-0.2, 0) is 9.53 Å². The molecule has 0 fully saturated rings. The lowest BCUT2D eigenvalue weighted by Crippen LogP contribution is -2.27. The molecule has 0 unspecified atom stereocenters. The lowest BCUT2D eigenvalue weighted by Gasteiger charge is -2.13. The molecule has 3 aromatic rings. The Morgan fingerprint density at radius 1 is 1.00 bits per heavy atom. The summed E-state index contributed by atoms with van der Waals surface area (Å²) in [7, 11) is 1.62. The second kappa shape index (κ2) is 10.8. The summed E-state index contributed by atoms with van der Waals surface area (Å²) < 4.78 is 11.5. The molecule has 0 radical (unpaired) electrons. The number of rotatable bonds is 9. The van der Waals surface area contributed by atoms with Crippen molar-refractivity contribution in [3.8, 4) is 5.75 Å². The number of anilines is 1. The third-order valence-corrected chi connectivity index (χ3v) is 5.26. The second-order valence-corrected chi connectivity index (χ2v) is 7.38. The third-order valence-electron chi connectivity index (χ3n) is 4.44. The fourth-order valence-corrected chi connectivity index (χ4v) is 3.57. The molecule has 3 aromatic carbocycles. The number of ether oxygens (including phenoxy) is 2. The molecule has 0 atom stereocenters. The zero-order chi connectivity index (χ0) is 21.3. The van der Waals surface area contributed by atoms with Crippen LogP contribution in [0.25, 0.3) is 10.8 Å². The number of benzene rings is 3. The molecule has 6 nitrogen and oxygen atoms in total. The van der Waals surface area contributed by atoms with Crippen molar-refractivity contribution in [2.45, 2.75) is 6.42 Å². The van der Waals surface area contributed by atoms with E-state index < -0.39 is 0 Å². The van der Waals surface area contributed by atoms with Gasteiger partial charge in [-0.2, -0.15) is 0 Å². The van der Waals surface area contributed by atoms with Crippen molar-refractivity contribution in [3.05, 3.63) is 70.7 Å². The zero-order valence-electron chi connectivity index (χ0n) is 16.6. The molecule has 0 spiro atoms. The van der Waals surface area contributed by atoms with E-state index in [0.717, 1.165) is 15.2 Å². The van der Waals surface area contributed by atoms with E-state index in [4.69, 9.17) is 9.47 Å². The van der Waals surface area contributed by atoms with E-state index in [1.54, 1.807) is 31.4 Å². The van der Waals surface area contributed by atoms with Crippen LogP contribution in [-0.4, -0.2) is 38.7 Å². The molecule has 156 valence electrons. The smallest absolute Gasteiger partial charge is 0.262 e. The summed E-state index contributed by atoms with van der Waals surface area (Å²) in [6.45, 7) is 0.884. The van der Waals surface area contributed by atoms with Gasteiger partial charge >= 0.3 is 0 Å². The molecule has 2 amide bonds. The molecule has 30 heavy (non-hydrogen) atoms. The van der Waals surface area contributed by atoms with Gasteiger partial charge in [-0.3, -0.25) is 9.59 Å². The largest absolute Gasteiger partial charge is 0.483 e. The Labute approximate surface area is 183 Å². The average molecular weight is 471 g/mol. The first-order valence-corrected chi connectivity index (χ1v) is 10.4. The minimum atomic E-state index is -0.352. The maximum atomic E-state index is 12.4. The number of hydrogen-bond donors (Lipinski definition) is 2. The highest BCUT2D eigenvalue weighted by molar-refractivity contribution is 9.10. The van der Waals surface area contributed by atoms with Gasteiger partial charge in [0, 0.05) is 20.3 Å². The predicted molar refractivity (Wildman–Crippen MR) is 121 cm³/mol. The Balaban J connectivity index is 1.62. The second-order valence-electron chi connectivity index (χ2n) is 6.58. The molecule has 0 bridgehead atoms. The quantitative estimate of drug-likeness (QED) is 0.454. The van der Waals surface area contributed by atoms with Crippen molar-refractivity contribution in [2.24, 2.45) is 0 Å². The molecule has 3 rings (SSSR count). The summed E-state index contributed by atoms with van der Waals surface area (Å²) in [6, 6.07) is 18.5. The third kappa shape index (κ3) is 5.58. The molecule has 0 aliphatic heterocycles. The van der Waals surface area contributed by atoms with Gasteiger partial charge in [-0.1, -0.05) is 42.5 Å². The van der Waals surface area contributed by atoms with Crippen LogP contribution in [0, 0.1) is 0 Å². The van der Waals surface area contributed by atoms with Crippen molar-refractivity contribution in [1.82, 2.24) is 5.32 Å². The Kier molecular flexibility index (Phi) is 7.82. The highest BCUT2D eigenvalue weighted by Gasteiger charge is 2.14. The van der Waals surface area contributed by atoms with E-state index in [9.17, 15) is 9.59 Å². The van der Waals surface area contributed by atoms with Gasteiger partial charge in [0.2, 0.25) is 0 Å². The number of carbonyl (C=O) groups is 2. The van der Waals surface area contributed by atoms with Gasteiger partial charge in [0.1, 0.15) is 5.75 Å². The SMILES string of the molecule is COCCCNC(=O)c1ccccc1NC(=O)COc1ccc2ccccc2c1Br. The lowest BCUT2D eigenvalue weighted by atomic mass is 10.1. The molecule has 0 saturated heterocycles. The van der Waals surface area contributed by atoms with Gasteiger partial charge in [0.05, 0.1) is 15.7 Å². The Hall–Kier alpha value is -2.90. The minimum Gasteiger partial charge on any atom is -0.483 e. The topological polar surface area (TPSA) is 76.7 Å². The number of amides is 2. The molecule has 0 saturated carbocycles. The standard InChI is InChI=1S/C23H23BrN2O4/c1-29-14-6-13-25-23(28)18-9-4-5-10-19(18)26-21(27)15-30-20-12-11-16-7-2-3-8-17(16)22(20)24/h2-5,7-12H,6,13-15H2,1H3,(H,25,28)(H,26,27). The molecule has 2 N–H and O–H groups in total. The van der Waals surface area contributed by atoms with E-state index in [-0.39, 0.29) is 18.4 Å². The molecule has 0 aromatic heterocycles. The first-order chi connectivity index (χ1) is 14.6. The van der Waals surface area contributed by atoms with Gasteiger partial charge in [0.25, 0.3) is 11.8 Å². The van der Waals surface area contributed by atoms with E-state index >= 15 is 0 Å². The van der Waals surface area contributed by atoms with Crippen LogP contribution >= 0.6 is 15.9 Å². The van der Waals surface area contributed by atoms with Gasteiger partial charge in [0.15, 0.2) is 6.61 Å². The van der Waals surface area contributed by atoms with Crippen LogP contribution in [0.2, 0.25) is 0 Å². The van der Waals surface area contributed by atoms with Crippen LogP contribution in [0.3, 0.4) is 0 Å². The van der Waals surface area contributed by atoms with Gasteiger partial charge < -0.3 is 20.1 Å². The Morgan fingerprint density at radius 2 is 1.77 bits per heavy atom. The summed E-state index contributed by atoms with van der Waals surface area (Å²) in [6.07, 6.45) is 0.714. The fourth-order valence-electron chi connectivity index (χ4n) is 2.96. The normalized spacial score (nSPS) is 10.6. The van der Waals surface area contributed by atoms with Crippen molar-refractivity contribution in [2.75, 3.05) is 32.2 Å². The van der Waals surface area contributed by atoms with E-state index in [1.165, 1.54) is 0 Å². The van der Waals surface area contributed by atoms with Crippen LogP contribution in [0.15, 0.2) is 65.1 Å². The van der Waals surface area contributed by atoms with Crippen molar-refractivity contribution < 1.29 is 19.1 Å². The number of fused-ring (bicyclic) bond motifs is 1. The van der Waals surface area contributed by atoms with Crippen LogP contribution in [0.1, 0.15) is 16.8 Å². The lowest BCUT2D eigenvalue weighted by molar-refractivity contribution is -0.118. The first-order valence-electron chi connectivity index (χ1n) is 9.56. The predicted octanol–water partition coefficient (Wildman–Crippen LogP) is 4.39. The summed E-state index contributed by atoms with van der Waals surface area (Å²) in [4.78, 5) is 24.9. The summed E-state index contributed by atoms with van der Waals surface area (Å²) >= 11 is 3.55. The summed E-state index contributed by atoms with van der Waals surface area (Å²) in [5.74, 6) is -0.0251. The van der Waals surface area contributed by atoms with E-state index in [1.807, 2.05) is 36.4 Å². The number of carbonyl (C=O) groups excluding carboxylic acids is 2.